The Bertz CT molecular complexity index is 1400. The van der Waals surface area contributed by atoms with Crippen molar-refractivity contribution in [2.45, 2.75) is 58.5 Å². The molecule has 0 saturated heterocycles. The maximum Gasteiger partial charge on any atom is 0.264 e. The zero-order valence-electron chi connectivity index (χ0n) is 24.1. The minimum Gasteiger partial charge on any atom is -0.497 e. The lowest BCUT2D eigenvalue weighted by Gasteiger charge is -2.33. The SMILES string of the molecule is CCNC(=O)C(CC)N(Cc1ccc(OC)cc1)C(=O)CN(c1cc(C)cc(C)c1)S(=O)(=O)c1ccc(C)cc1. The molecule has 3 aromatic carbocycles. The largest absolute Gasteiger partial charge is 0.497 e. The highest BCUT2D eigenvalue weighted by atomic mass is 32.2. The van der Waals surface area contributed by atoms with Gasteiger partial charge in [-0.15, -0.1) is 0 Å². The average Bonchev–Trinajstić information content (AvgIpc) is 2.91. The Morgan fingerprint density at radius 2 is 1.48 bits per heavy atom. The van der Waals surface area contributed by atoms with Gasteiger partial charge >= 0.3 is 0 Å². The molecule has 0 heterocycles. The van der Waals surface area contributed by atoms with Crippen LogP contribution in [0.5, 0.6) is 5.75 Å². The fraction of sp³-hybridized carbons (Fsp3) is 0.355. The summed E-state index contributed by atoms with van der Waals surface area (Å²) >= 11 is 0. The highest BCUT2D eigenvalue weighted by molar-refractivity contribution is 7.92. The van der Waals surface area contributed by atoms with Gasteiger partial charge < -0.3 is 15.0 Å². The van der Waals surface area contributed by atoms with Gasteiger partial charge in [-0.1, -0.05) is 42.8 Å². The first-order chi connectivity index (χ1) is 19.0. The van der Waals surface area contributed by atoms with Gasteiger partial charge in [-0.2, -0.15) is 0 Å². The Balaban J connectivity index is 2.08. The van der Waals surface area contributed by atoms with E-state index in [0.717, 1.165) is 26.6 Å². The number of hydrogen-bond donors (Lipinski definition) is 1. The fourth-order valence-corrected chi connectivity index (χ4v) is 6.00. The van der Waals surface area contributed by atoms with E-state index in [4.69, 9.17) is 4.74 Å². The van der Waals surface area contributed by atoms with Crippen LogP contribution in [0.25, 0.3) is 0 Å². The molecule has 0 fully saturated rings. The first-order valence-corrected chi connectivity index (χ1v) is 14.8. The number of carbonyl (C=O) groups excluding carboxylic acids is 2. The number of nitrogens with zero attached hydrogens (tertiary/aromatic N) is 2. The van der Waals surface area contributed by atoms with Crippen LogP contribution >= 0.6 is 0 Å². The molecule has 3 rings (SSSR count). The van der Waals surface area contributed by atoms with Crippen molar-refractivity contribution in [1.29, 1.82) is 0 Å². The zero-order valence-corrected chi connectivity index (χ0v) is 24.9. The summed E-state index contributed by atoms with van der Waals surface area (Å²) in [7, 11) is -2.54. The second-order valence-corrected chi connectivity index (χ2v) is 11.7. The fourth-order valence-electron chi connectivity index (χ4n) is 4.60. The first-order valence-electron chi connectivity index (χ1n) is 13.4. The zero-order chi connectivity index (χ0) is 29.4. The number of hydrogen-bond acceptors (Lipinski definition) is 5. The van der Waals surface area contributed by atoms with E-state index in [0.29, 0.717) is 24.4 Å². The van der Waals surface area contributed by atoms with Crippen LogP contribution in [-0.4, -0.2) is 51.4 Å². The van der Waals surface area contributed by atoms with E-state index in [9.17, 15) is 18.0 Å². The number of benzene rings is 3. The normalized spacial score (nSPS) is 11.9. The Morgan fingerprint density at radius 3 is 2.00 bits per heavy atom. The minimum absolute atomic E-state index is 0.0857. The number of likely N-dealkylation sites (N-methyl/N-ethyl adjacent to an activating group) is 1. The summed E-state index contributed by atoms with van der Waals surface area (Å²) in [4.78, 5) is 28.7. The number of amides is 2. The van der Waals surface area contributed by atoms with E-state index in [1.807, 2.05) is 52.8 Å². The smallest absolute Gasteiger partial charge is 0.264 e. The maximum absolute atomic E-state index is 14.1. The number of methoxy groups -OCH3 is 1. The van der Waals surface area contributed by atoms with Gasteiger partial charge in [0.1, 0.15) is 18.3 Å². The Morgan fingerprint density at radius 1 is 0.875 bits per heavy atom. The molecular formula is C31H39N3O5S. The van der Waals surface area contributed by atoms with Crippen molar-refractivity contribution in [2.24, 2.45) is 0 Å². The molecule has 0 aliphatic rings. The second-order valence-electron chi connectivity index (χ2n) is 9.86. The molecule has 1 atom stereocenters. The van der Waals surface area contributed by atoms with E-state index < -0.39 is 28.5 Å². The summed E-state index contributed by atoms with van der Waals surface area (Å²) in [5, 5.41) is 2.81. The number of nitrogens with one attached hydrogen (secondary N) is 1. The molecule has 2 amide bonds. The highest BCUT2D eigenvalue weighted by Gasteiger charge is 2.33. The summed E-state index contributed by atoms with van der Waals surface area (Å²) in [6.07, 6.45) is 0.363. The van der Waals surface area contributed by atoms with E-state index >= 15 is 0 Å². The van der Waals surface area contributed by atoms with Gasteiger partial charge in [0.25, 0.3) is 10.0 Å². The number of sulfonamides is 1. The highest BCUT2D eigenvalue weighted by Crippen LogP contribution is 2.27. The summed E-state index contributed by atoms with van der Waals surface area (Å²) in [6.45, 7) is 9.37. The Labute approximate surface area is 238 Å². The van der Waals surface area contributed by atoms with Crippen LogP contribution in [0.15, 0.2) is 71.6 Å². The van der Waals surface area contributed by atoms with Gasteiger partial charge in [0.15, 0.2) is 0 Å². The summed E-state index contributed by atoms with van der Waals surface area (Å²) in [6, 6.07) is 18.4. The summed E-state index contributed by atoms with van der Waals surface area (Å²) in [5.74, 6) is -0.0995. The van der Waals surface area contributed by atoms with Gasteiger partial charge in [-0.05, 0) is 87.2 Å². The van der Waals surface area contributed by atoms with Crippen LogP contribution in [0.3, 0.4) is 0 Å². The average molecular weight is 566 g/mol. The predicted octanol–water partition coefficient (Wildman–Crippen LogP) is 4.76. The van der Waals surface area contributed by atoms with Crippen molar-refractivity contribution in [3.8, 4) is 5.75 Å². The molecule has 1 N–H and O–H groups in total. The molecule has 0 bridgehead atoms. The van der Waals surface area contributed by atoms with Crippen LogP contribution in [0.4, 0.5) is 5.69 Å². The third kappa shape index (κ3) is 7.41. The number of carbonyl (C=O) groups is 2. The van der Waals surface area contributed by atoms with Gasteiger partial charge in [0.2, 0.25) is 11.8 Å². The molecule has 0 radical (unpaired) electrons. The van der Waals surface area contributed by atoms with Crippen LogP contribution in [-0.2, 0) is 26.2 Å². The molecule has 214 valence electrons. The van der Waals surface area contributed by atoms with E-state index in [1.165, 1.54) is 4.90 Å². The van der Waals surface area contributed by atoms with Gasteiger partial charge in [-0.3, -0.25) is 13.9 Å². The molecule has 9 heteroatoms. The van der Waals surface area contributed by atoms with Crippen LogP contribution in [0.2, 0.25) is 0 Å². The van der Waals surface area contributed by atoms with Crippen molar-refractivity contribution in [3.63, 3.8) is 0 Å². The number of ether oxygens (including phenoxy) is 1. The molecule has 8 nitrogen and oxygen atoms in total. The molecule has 0 aliphatic heterocycles. The molecule has 1 unspecified atom stereocenters. The van der Waals surface area contributed by atoms with Crippen LogP contribution in [0.1, 0.15) is 42.5 Å². The molecule has 0 spiro atoms. The van der Waals surface area contributed by atoms with E-state index in [1.54, 1.807) is 55.6 Å². The molecule has 0 aliphatic carbocycles. The van der Waals surface area contributed by atoms with Gasteiger partial charge in [0, 0.05) is 13.1 Å². The number of anilines is 1. The lowest BCUT2D eigenvalue weighted by Crippen LogP contribution is -2.52. The molecular weight excluding hydrogens is 526 g/mol. The standard InChI is InChI=1S/C31H39N3O5S/c1-7-29(31(36)32-8-2)33(20-25-11-13-27(39-6)14-12-25)30(35)21-34(26-18-23(4)17-24(5)19-26)40(37,38)28-15-9-22(3)10-16-28/h9-19,29H,7-8,20-21H2,1-6H3,(H,32,36). The first kappa shape index (κ1) is 30.7. The molecule has 0 aromatic heterocycles. The second kappa shape index (κ2) is 13.5. The van der Waals surface area contributed by atoms with Gasteiger partial charge in [0.05, 0.1) is 17.7 Å². The molecule has 40 heavy (non-hydrogen) atoms. The van der Waals surface area contributed by atoms with E-state index in [2.05, 4.69) is 5.32 Å². The molecule has 0 saturated carbocycles. The van der Waals surface area contributed by atoms with Crippen LogP contribution in [0, 0.1) is 20.8 Å². The topological polar surface area (TPSA) is 96.0 Å². The number of aryl methyl sites for hydroxylation is 3. The van der Waals surface area contributed by atoms with Gasteiger partial charge in [-0.25, -0.2) is 8.42 Å². The monoisotopic (exact) mass is 565 g/mol. The van der Waals surface area contributed by atoms with Crippen molar-refractivity contribution < 1.29 is 22.7 Å². The number of rotatable bonds is 12. The van der Waals surface area contributed by atoms with Crippen molar-refractivity contribution >= 4 is 27.5 Å². The van der Waals surface area contributed by atoms with Crippen molar-refractivity contribution in [2.75, 3.05) is 24.5 Å². The Hall–Kier alpha value is -3.85. The third-order valence-electron chi connectivity index (χ3n) is 6.63. The minimum atomic E-state index is -4.11. The Kier molecular flexibility index (Phi) is 10.3. The lowest BCUT2D eigenvalue weighted by molar-refractivity contribution is -0.140. The summed E-state index contributed by atoms with van der Waals surface area (Å²) < 4.78 is 34.4. The van der Waals surface area contributed by atoms with Crippen molar-refractivity contribution in [1.82, 2.24) is 10.2 Å². The lowest BCUT2D eigenvalue weighted by atomic mass is 10.1. The summed E-state index contributed by atoms with van der Waals surface area (Å²) in [5.41, 5.74) is 3.84. The van der Waals surface area contributed by atoms with Crippen molar-refractivity contribution in [3.05, 3.63) is 89.0 Å². The third-order valence-corrected chi connectivity index (χ3v) is 8.42. The molecule has 3 aromatic rings. The van der Waals surface area contributed by atoms with E-state index in [-0.39, 0.29) is 17.3 Å². The van der Waals surface area contributed by atoms with Crippen LogP contribution < -0.4 is 14.4 Å². The predicted molar refractivity (Wildman–Crippen MR) is 158 cm³/mol. The maximum atomic E-state index is 14.1. The quantitative estimate of drug-likeness (QED) is 0.342.